The van der Waals surface area contributed by atoms with Crippen molar-refractivity contribution < 1.29 is 9.18 Å². The number of carbonyl (C=O) groups excluding carboxylic acids is 1. The van der Waals surface area contributed by atoms with Crippen LogP contribution in [0.15, 0.2) is 35.9 Å². The zero-order chi connectivity index (χ0) is 16.1. The number of likely N-dealkylation sites (tertiary alicyclic amines) is 1. The Balaban J connectivity index is 1.54. The van der Waals surface area contributed by atoms with Gasteiger partial charge in [-0.15, -0.1) is 0 Å². The third kappa shape index (κ3) is 4.39. The van der Waals surface area contributed by atoms with Crippen LogP contribution < -0.4 is 10.6 Å². The van der Waals surface area contributed by atoms with Crippen LogP contribution in [-0.2, 0) is 11.3 Å². The molecule has 1 amide bonds. The highest BCUT2D eigenvalue weighted by Crippen LogP contribution is 2.20. The zero-order valence-electron chi connectivity index (χ0n) is 13.4. The Labute approximate surface area is 136 Å². The van der Waals surface area contributed by atoms with E-state index in [1.54, 1.807) is 12.1 Å². The molecule has 2 heterocycles. The van der Waals surface area contributed by atoms with Crippen molar-refractivity contribution in [2.75, 3.05) is 26.2 Å². The van der Waals surface area contributed by atoms with Crippen LogP contribution in [0.2, 0.25) is 0 Å². The van der Waals surface area contributed by atoms with Gasteiger partial charge in [0.1, 0.15) is 5.82 Å². The van der Waals surface area contributed by atoms with Gasteiger partial charge in [-0.25, -0.2) is 4.39 Å². The molecule has 0 bridgehead atoms. The predicted molar refractivity (Wildman–Crippen MR) is 88.4 cm³/mol. The van der Waals surface area contributed by atoms with E-state index in [1.807, 2.05) is 0 Å². The maximum absolute atomic E-state index is 13.0. The summed E-state index contributed by atoms with van der Waals surface area (Å²) in [6, 6.07) is 6.47. The molecule has 1 fully saturated rings. The average molecular weight is 317 g/mol. The van der Waals surface area contributed by atoms with Crippen molar-refractivity contribution in [1.82, 2.24) is 15.5 Å². The van der Waals surface area contributed by atoms with Gasteiger partial charge in [-0.2, -0.15) is 0 Å². The Bertz CT molecular complexity index is 570. The van der Waals surface area contributed by atoms with Gasteiger partial charge in [0, 0.05) is 19.6 Å². The van der Waals surface area contributed by atoms with Gasteiger partial charge in [-0.1, -0.05) is 23.8 Å². The molecule has 0 aromatic heterocycles. The minimum absolute atomic E-state index is 0.0673. The van der Waals surface area contributed by atoms with E-state index in [9.17, 15) is 9.18 Å². The summed E-state index contributed by atoms with van der Waals surface area (Å²) in [4.78, 5) is 14.7. The number of amides is 1. The van der Waals surface area contributed by atoms with Crippen molar-refractivity contribution in [1.29, 1.82) is 0 Å². The van der Waals surface area contributed by atoms with Gasteiger partial charge in [0.15, 0.2) is 0 Å². The van der Waals surface area contributed by atoms with Gasteiger partial charge < -0.3 is 10.6 Å². The third-order valence-electron chi connectivity index (χ3n) is 4.61. The fourth-order valence-corrected chi connectivity index (χ4v) is 3.29. The quantitative estimate of drug-likeness (QED) is 0.814. The molecule has 1 unspecified atom stereocenters. The summed E-state index contributed by atoms with van der Waals surface area (Å²) in [6.07, 6.45) is 5.10. The molecule has 0 spiro atoms. The van der Waals surface area contributed by atoms with Crippen LogP contribution in [0, 0.1) is 5.82 Å². The van der Waals surface area contributed by atoms with Crippen LogP contribution in [0.3, 0.4) is 0 Å². The van der Waals surface area contributed by atoms with Crippen molar-refractivity contribution in [2.45, 2.75) is 31.8 Å². The molecular formula is C18H24FN3O. The molecule has 23 heavy (non-hydrogen) atoms. The molecule has 1 atom stereocenters. The van der Waals surface area contributed by atoms with Crippen molar-refractivity contribution in [2.24, 2.45) is 0 Å². The Kier molecular flexibility index (Phi) is 5.41. The monoisotopic (exact) mass is 317 g/mol. The summed E-state index contributed by atoms with van der Waals surface area (Å²) in [7, 11) is 0. The van der Waals surface area contributed by atoms with Crippen molar-refractivity contribution in [3.8, 4) is 0 Å². The summed E-state index contributed by atoms with van der Waals surface area (Å²) in [5, 5.41) is 6.35. The number of hydrogen-bond acceptors (Lipinski definition) is 3. The maximum Gasteiger partial charge on any atom is 0.237 e. The highest BCUT2D eigenvalue weighted by atomic mass is 19.1. The molecule has 5 heteroatoms. The average Bonchev–Trinajstić information content (AvgIpc) is 3.04. The Morgan fingerprint density at radius 2 is 2.17 bits per heavy atom. The second-order valence-electron chi connectivity index (χ2n) is 6.29. The number of benzene rings is 1. The molecule has 0 aliphatic carbocycles. The topological polar surface area (TPSA) is 44.4 Å². The molecule has 4 nitrogen and oxygen atoms in total. The van der Waals surface area contributed by atoms with E-state index in [2.05, 4.69) is 21.6 Å². The minimum atomic E-state index is -0.222. The Morgan fingerprint density at radius 1 is 1.35 bits per heavy atom. The summed E-state index contributed by atoms with van der Waals surface area (Å²) >= 11 is 0. The van der Waals surface area contributed by atoms with Crippen molar-refractivity contribution >= 4 is 5.91 Å². The molecular weight excluding hydrogens is 293 g/mol. The lowest BCUT2D eigenvalue weighted by molar-refractivity contribution is -0.125. The molecule has 0 radical (unpaired) electrons. The molecule has 3 rings (SSSR count). The number of nitrogens with zero attached hydrogens (tertiary/aromatic N) is 1. The van der Waals surface area contributed by atoms with E-state index in [-0.39, 0.29) is 17.8 Å². The second kappa shape index (κ2) is 7.70. The lowest BCUT2D eigenvalue weighted by atomic mass is 10.1. The van der Waals surface area contributed by atoms with Crippen LogP contribution in [0.25, 0.3) is 0 Å². The van der Waals surface area contributed by atoms with Crippen LogP contribution >= 0.6 is 0 Å². The molecule has 1 aromatic carbocycles. The molecule has 0 saturated carbocycles. The molecule has 2 aliphatic rings. The SMILES string of the molecule is O=C(NCC1=CCNCC1)C1CCCN1Cc1ccc(F)cc1. The van der Waals surface area contributed by atoms with E-state index in [0.717, 1.165) is 44.5 Å². The highest BCUT2D eigenvalue weighted by Gasteiger charge is 2.30. The Hall–Kier alpha value is -1.72. The smallest absolute Gasteiger partial charge is 0.237 e. The largest absolute Gasteiger partial charge is 0.351 e. The molecule has 2 N–H and O–H groups in total. The maximum atomic E-state index is 13.0. The van der Waals surface area contributed by atoms with Crippen LogP contribution in [0.1, 0.15) is 24.8 Å². The van der Waals surface area contributed by atoms with Gasteiger partial charge in [-0.05, 0) is 50.0 Å². The van der Waals surface area contributed by atoms with Crippen molar-refractivity contribution in [3.05, 3.63) is 47.3 Å². The first-order valence-corrected chi connectivity index (χ1v) is 8.37. The standard InChI is InChI=1S/C18H24FN3O/c19-16-5-3-15(4-6-16)13-22-11-1-2-17(22)18(23)21-12-14-7-9-20-10-8-14/h3-7,17,20H,1-2,8-13H2,(H,21,23). The fourth-order valence-electron chi connectivity index (χ4n) is 3.29. The van der Waals surface area contributed by atoms with Gasteiger partial charge in [0.05, 0.1) is 6.04 Å². The molecule has 1 aromatic rings. The first-order chi connectivity index (χ1) is 11.2. The van der Waals surface area contributed by atoms with Crippen molar-refractivity contribution in [3.63, 3.8) is 0 Å². The lowest BCUT2D eigenvalue weighted by Crippen LogP contribution is -2.43. The minimum Gasteiger partial charge on any atom is -0.351 e. The Morgan fingerprint density at radius 3 is 2.91 bits per heavy atom. The molecule has 2 aliphatic heterocycles. The normalized spacial score (nSPS) is 22.0. The lowest BCUT2D eigenvalue weighted by Gasteiger charge is -2.24. The first kappa shape index (κ1) is 16.1. The number of carbonyl (C=O) groups is 1. The van der Waals surface area contributed by atoms with E-state index >= 15 is 0 Å². The second-order valence-corrected chi connectivity index (χ2v) is 6.29. The van der Waals surface area contributed by atoms with E-state index in [0.29, 0.717) is 13.1 Å². The van der Waals surface area contributed by atoms with E-state index < -0.39 is 0 Å². The first-order valence-electron chi connectivity index (χ1n) is 8.37. The summed E-state index contributed by atoms with van der Waals surface area (Å²) in [5.41, 5.74) is 2.35. The van der Waals surface area contributed by atoms with Crippen LogP contribution in [-0.4, -0.2) is 43.0 Å². The molecule has 1 saturated heterocycles. The third-order valence-corrected chi connectivity index (χ3v) is 4.61. The number of nitrogens with one attached hydrogen (secondary N) is 2. The zero-order valence-corrected chi connectivity index (χ0v) is 13.4. The fraction of sp³-hybridized carbons (Fsp3) is 0.500. The summed E-state index contributed by atoms with van der Waals surface area (Å²) in [5.74, 6) is -0.108. The van der Waals surface area contributed by atoms with E-state index in [4.69, 9.17) is 0 Å². The van der Waals surface area contributed by atoms with Gasteiger partial charge in [0.25, 0.3) is 0 Å². The number of rotatable bonds is 5. The van der Waals surface area contributed by atoms with Crippen LogP contribution in [0.4, 0.5) is 4.39 Å². The van der Waals surface area contributed by atoms with Gasteiger partial charge in [0.2, 0.25) is 5.91 Å². The number of halogens is 1. The highest BCUT2D eigenvalue weighted by molar-refractivity contribution is 5.82. The molecule has 124 valence electrons. The predicted octanol–water partition coefficient (Wildman–Crippen LogP) is 1.83. The number of hydrogen-bond donors (Lipinski definition) is 2. The van der Waals surface area contributed by atoms with E-state index in [1.165, 1.54) is 17.7 Å². The van der Waals surface area contributed by atoms with Crippen LogP contribution in [0.5, 0.6) is 0 Å². The van der Waals surface area contributed by atoms with Gasteiger partial charge >= 0.3 is 0 Å². The summed E-state index contributed by atoms with van der Waals surface area (Å²) in [6.45, 7) is 4.15. The summed E-state index contributed by atoms with van der Waals surface area (Å²) < 4.78 is 13.0. The van der Waals surface area contributed by atoms with Gasteiger partial charge in [-0.3, -0.25) is 9.69 Å².